The van der Waals surface area contributed by atoms with Crippen molar-refractivity contribution in [1.82, 2.24) is 4.72 Å². The summed E-state index contributed by atoms with van der Waals surface area (Å²) in [5, 5.41) is 0. The average Bonchev–Trinajstić information content (AvgIpc) is 2.01. The van der Waals surface area contributed by atoms with Crippen LogP contribution < -0.4 is 4.72 Å². The van der Waals surface area contributed by atoms with Gasteiger partial charge in [-0.1, -0.05) is 19.9 Å². The molecule has 13 heavy (non-hydrogen) atoms. The van der Waals surface area contributed by atoms with E-state index in [9.17, 15) is 8.42 Å². The normalized spacial score (nSPS) is 12.8. The summed E-state index contributed by atoms with van der Waals surface area (Å²) < 4.78 is 24.9. The van der Waals surface area contributed by atoms with Gasteiger partial charge in [-0.2, -0.15) is 0 Å². The first-order valence-corrected chi connectivity index (χ1v) is 6.38. The Labute approximate surface area is 81.3 Å². The molecule has 78 valence electrons. The zero-order valence-electron chi connectivity index (χ0n) is 8.63. The van der Waals surface area contributed by atoms with E-state index in [0.717, 1.165) is 12.8 Å². The van der Waals surface area contributed by atoms with Gasteiger partial charge in [0.15, 0.2) is 0 Å². The van der Waals surface area contributed by atoms with Crippen molar-refractivity contribution >= 4 is 10.0 Å². The molecule has 0 saturated carbocycles. The summed E-state index contributed by atoms with van der Waals surface area (Å²) in [6.45, 7) is 7.59. The van der Waals surface area contributed by atoms with Crippen LogP contribution in [0.25, 0.3) is 0 Å². The molecule has 0 fully saturated rings. The van der Waals surface area contributed by atoms with Gasteiger partial charge in [0.2, 0.25) is 10.0 Å². The number of hydrogen-bond donors (Lipinski definition) is 1. The lowest BCUT2D eigenvalue weighted by Gasteiger charge is -2.30. The van der Waals surface area contributed by atoms with Crippen molar-refractivity contribution in [3.8, 4) is 0 Å². The van der Waals surface area contributed by atoms with Gasteiger partial charge in [-0.05, 0) is 19.3 Å². The van der Waals surface area contributed by atoms with E-state index in [-0.39, 0.29) is 5.54 Å². The minimum absolute atomic E-state index is 0.338. The first-order chi connectivity index (χ1) is 5.89. The molecule has 1 N–H and O–H groups in total. The maximum Gasteiger partial charge on any atom is 0.209 e. The van der Waals surface area contributed by atoms with Crippen molar-refractivity contribution in [3.63, 3.8) is 0 Å². The molecule has 0 aliphatic carbocycles. The van der Waals surface area contributed by atoms with Crippen molar-refractivity contribution in [2.24, 2.45) is 0 Å². The second-order valence-electron chi connectivity index (χ2n) is 3.35. The first-order valence-electron chi connectivity index (χ1n) is 4.49. The number of nitrogens with one attached hydrogen (secondary N) is 1. The Morgan fingerprint density at radius 3 is 2.08 bits per heavy atom. The van der Waals surface area contributed by atoms with Gasteiger partial charge in [-0.25, -0.2) is 13.1 Å². The molecule has 0 atom stereocenters. The van der Waals surface area contributed by atoms with Gasteiger partial charge in [0, 0.05) is 5.54 Å². The third kappa shape index (κ3) is 4.43. The molecule has 0 unspecified atom stereocenters. The van der Waals surface area contributed by atoms with E-state index < -0.39 is 10.0 Å². The molecule has 0 spiro atoms. The molecular weight excluding hydrogens is 186 g/mol. The molecule has 3 nitrogen and oxygen atoms in total. The van der Waals surface area contributed by atoms with Crippen LogP contribution in [0.3, 0.4) is 0 Å². The molecule has 0 amide bonds. The van der Waals surface area contributed by atoms with Crippen LogP contribution in [-0.4, -0.2) is 20.2 Å². The van der Waals surface area contributed by atoms with Gasteiger partial charge in [-0.3, -0.25) is 0 Å². The van der Waals surface area contributed by atoms with Gasteiger partial charge >= 0.3 is 0 Å². The highest BCUT2D eigenvalue weighted by atomic mass is 32.2. The molecule has 0 aliphatic rings. The second-order valence-corrected chi connectivity index (χ2v) is 5.10. The topological polar surface area (TPSA) is 46.2 Å². The summed E-state index contributed by atoms with van der Waals surface area (Å²) in [6.07, 6.45) is 5.18. The molecule has 0 aromatic heterocycles. The maximum absolute atomic E-state index is 11.1. The third-order valence-electron chi connectivity index (χ3n) is 2.29. The highest BCUT2D eigenvalue weighted by molar-refractivity contribution is 7.88. The summed E-state index contributed by atoms with van der Waals surface area (Å²) in [5.74, 6) is 0. The fourth-order valence-electron chi connectivity index (χ4n) is 1.39. The molecule has 0 saturated heterocycles. The average molecular weight is 205 g/mol. The van der Waals surface area contributed by atoms with E-state index in [2.05, 4.69) is 11.3 Å². The lowest BCUT2D eigenvalue weighted by atomic mass is 9.90. The number of rotatable bonds is 6. The third-order valence-corrected chi connectivity index (χ3v) is 3.09. The Morgan fingerprint density at radius 2 is 1.85 bits per heavy atom. The monoisotopic (exact) mass is 205 g/mol. The van der Waals surface area contributed by atoms with Gasteiger partial charge < -0.3 is 0 Å². The molecule has 4 heteroatoms. The van der Waals surface area contributed by atoms with Crippen LogP contribution in [0.15, 0.2) is 12.7 Å². The van der Waals surface area contributed by atoms with Crippen molar-refractivity contribution in [1.29, 1.82) is 0 Å². The van der Waals surface area contributed by atoms with Crippen LogP contribution in [-0.2, 0) is 10.0 Å². The van der Waals surface area contributed by atoms with E-state index in [1.54, 1.807) is 6.08 Å². The smallest absolute Gasteiger partial charge is 0.209 e. The first kappa shape index (κ1) is 12.7. The van der Waals surface area contributed by atoms with Crippen LogP contribution >= 0.6 is 0 Å². The summed E-state index contributed by atoms with van der Waals surface area (Å²) in [4.78, 5) is 0. The molecule has 0 rings (SSSR count). The zero-order chi connectivity index (χ0) is 10.5. The lowest BCUT2D eigenvalue weighted by Crippen LogP contribution is -2.46. The van der Waals surface area contributed by atoms with E-state index in [1.807, 2.05) is 13.8 Å². The van der Waals surface area contributed by atoms with E-state index in [4.69, 9.17) is 0 Å². The highest BCUT2D eigenvalue weighted by Gasteiger charge is 2.27. The van der Waals surface area contributed by atoms with Crippen LogP contribution in [0.2, 0.25) is 0 Å². The number of hydrogen-bond acceptors (Lipinski definition) is 2. The maximum atomic E-state index is 11.1. The zero-order valence-corrected chi connectivity index (χ0v) is 9.45. The largest absolute Gasteiger partial charge is 0.213 e. The van der Waals surface area contributed by atoms with Crippen LogP contribution in [0.1, 0.15) is 33.1 Å². The lowest BCUT2D eigenvalue weighted by molar-refractivity contribution is 0.358. The van der Waals surface area contributed by atoms with Crippen molar-refractivity contribution < 1.29 is 8.42 Å². The summed E-state index contributed by atoms with van der Waals surface area (Å²) >= 11 is 0. The number of sulfonamides is 1. The Kier molecular flexibility index (Phi) is 4.64. The molecule has 0 radical (unpaired) electrons. The fourth-order valence-corrected chi connectivity index (χ4v) is 2.55. The summed E-state index contributed by atoms with van der Waals surface area (Å²) in [5.41, 5.74) is -0.338. The molecule has 0 bridgehead atoms. The minimum atomic E-state index is -3.13. The Balaban J connectivity index is 4.66. The fraction of sp³-hybridized carbons (Fsp3) is 0.778. The molecule has 0 aromatic carbocycles. The van der Waals surface area contributed by atoms with E-state index in [1.165, 1.54) is 6.26 Å². The van der Waals surface area contributed by atoms with Crippen molar-refractivity contribution in [2.45, 2.75) is 38.6 Å². The van der Waals surface area contributed by atoms with Crippen LogP contribution in [0.5, 0.6) is 0 Å². The van der Waals surface area contributed by atoms with Gasteiger partial charge in [0.1, 0.15) is 0 Å². The molecular formula is C9H19NO2S. The minimum Gasteiger partial charge on any atom is -0.213 e. The van der Waals surface area contributed by atoms with Gasteiger partial charge in [0.05, 0.1) is 6.26 Å². The van der Waals surface area contributed by atoms with Gasteiger partial charge in [-0.15, -0.1) is 6.58 Å². The van der Waals surface area contributed by atoms with Crippen molar-refractivity contribution in [3.05, 3.63) is 12.7 Å². The van der Waals surface area contributed by atoms with E-state index in [0.29, 0.717) is 6.42 Å². The summed E-state index contributed by atoms with van der Waals surface area (Å²) in [7, 11) is -3.13. The predicted octanol–water partition coefficient (Wildman–Crippen LogP) is 1.67. The highest BCUT2D eigenvalue weighted by Crippen LogP contribution is 2.20. The van der Waals surface area contributed by atoms with Crippen LogP contribution in [0, 0.1) is 0 Å². The SMILES string of the molecule is C=CCC(CC)(CC)NS(C)(=O)=O. The molecule has 0 aliphatic heterocycles. The predicted molar refractivity (Wildman–Crippen MR) is 56.1 cm³/mol. The second kappa shape index (κ2) is 4.77. The Hall–Kier alpha value is -0.350. The van der Waals surface area contributed by atoms with Crippen LogP contribution in [0.4, 0.5) is 0 Å². The summed E-state index contributed by atoms with van der Waals surface area (Å²) in [6, 6.07) is 0. The molecule has 0 heterocycles. The van der Waals surface area contributed by atoms with Crippen molar-refractivity contribution in [2.75, 3.05) is 6.26 Å². The molecule has 0 aromatic rings. The Bertz CT molecular complexity index is 253. The quantitative estimate of drug-likeness (QED) is 0.670. The Morgan fingerprint density at radius 1 is 1.38 bits per heavy atom. The van der Waals surface area contributed by atoms with E-state index >= 15 is 0 Å². The standard InChI is InChI=1S/C9H19NO2S/c1-5-8-9(6-2,7-3)10-13(4,11)12/h5,10H,1,6-8H2,2-4H3. The van der Waals surface area contributed by atoms with Gasteiger partial charge in [0.25, 0.3) is 0 Å².